The molecule has 4 aromatic rings. The molecule has 1 aromatic heterocycles. The van der Waals surface area contributed by atoms with Gasteiger partial charge in [0, 0.05) is 31.6 Å². The number of H-pyrrole nitrogens is 1. The van der Waals surface area contributed by atoms with E-state index in [0.717, 1.165) is 34.6 Å². The predicted molar refractivity (Wildman–Crippen MR) is 143 cm³/mol. The number of nitrogens with one attached hydrogen (secondary N) is 2. The largest absolute Gasteiger partial charge is 0.352 e. The lowest BCUT2D eigenvalue weighted by atomic mass is 9.98. The Morgan fingerprint density at radius 2 is 1.69 bits per heavy atom. The molecule has 3 aromatic carbocycles. The summed E-state index contributed by atoms with van der Waals surface area (Å²) >= 11 is 5.41. The van der Waals surface area contributed by atoms with Crippen molar-refractivity contribution in [3.8, 4) is 22.5 Å². The van der Waals surface area contributed by atoms with Gasteiger partial charge in [-0.05, 0) is 55.5 Å². The maximum atomic E-state index is 12.7. The lowest BCUT2D eigenvalue weighted by Gasteiger charge is -2.13. The number of carbonyl (C=O) groups excluding carboxylic acids is 1. The second-order valence-electron chi connectivity index (χ2n) is 8.99. The van der Waals surface area contributed by atoms with Crippen molar-refractivity contribution in [3.05, 3.63) is 94.3 Å². The number of hydrogen-bond acceptors (Lipinski definition) is 4. The normalized spacial score (nSPS) is 11.1. The van der Waals surface area contributed by atoms with Crippen LogP contribution in [0.5, 0.6) is 0 Å². The molecule has 0 spiro atoms. The van der Waals surface area contributed by atoms with Crippen LogP contribution >= 0.6 is 12.2 Å². The van der Waals surface area contributed by atoms with E-state index < -0.39 is 0 Å². The molecule has 1 heterocycles. The van der Waals surface area contributed by atoms with Gasteiger partial charge >= 0.3 is 0 Å². The van der Waals surface area contributed by atoms with Gasteiger partial charge in [-0.1, -0.05) is 78.4 Å². The van der Waals surface area contributed by atoms with E-state index in [9.17, 15) is 4.79 Å². The van der Waals surface area contributed by atoms with Crippen molar-refractivity contribution >= 4 is 18.1 Å². The van der Waals surface area contributed by atoms with Crippen LogP contribution in [0.3, 0.4) is 0 Å². The minimum atomic E-state index is -0.0286. The molecule has 0 saturated heterocycles. The number of rotatable bonds is 9. The lowest BCUT2D eigenvalue weighted by Crippen LogP contribution is -2.24. The number of aromatic amines is 1. The molecule has 0 fully saturated rings. The number of aryl methyl sites for hydroxylation is 1. The van der Waals surface area contributed by atoms with Crippen molar-refractivity contribution in [1.82, 2.24) is 25.0 Å². The first-order valence-corrected chi connectivity index (χ1v) is 12.1. The fourth-order valence-corrected chi connectivity index (χ4v) is 4.28. The quantitative estimate of drug-likeness (QED) is 0.314. The third kappa shape index (κ3) is 6.32. The molecule has 0 aliphatic carbocycles. The number of carbonyl (C=O) groups is 1. The fourth-order valence-electron chi connectivity index (χ4n) is 4.05. The highest BCUT2D eigenvalue weighted by Crippen LogP contribution is 2.24. The molecule has 0 unspecified atom stereocenters. The van der Waals surface area contributed by atoms with E-state index in [4.69, 9.17) is 12.2 Å². The second kappa shape index (κ2) is 11.3. The topological polar surface area (TPSA) is 66.0 Å². The molecule has 0 saturated carbocycles. The summed E-state index contributed by atoms with van der Waals surface area (Å²) in [4.78, 5) is 14.9. The van der Waals surface area contributed by atoms with Crippen molar-refractivity contribution in [3.63, 3.8) is 0 Å². The number of benzene rings is 3. The Morgan fingerprint density at radius 1 is 1.00 bits per heavy atom. The zero-order chi connectivity index (χ0) is 24.8. The highest BCUT2D eigenvalue weighted by atomic mass is 32.1. The van der Waals surface area contributed by atoms with Crippen molar-refractivity contribution in [2.24, 2.45) is 0 Å². The molecule has 0 atom stereocenters. The summed E-state index contributed by atoms with van der Waals surface area (Å²) < 4.78 is 2.39. The van der Waals surface area contributed by atoms with Crippen LogP contribution in [-0.2, 0) is 24.4 Å². The van der Waals surface area contributed by atoms with Gasteiger partial charge in [0.2, 0.25) is 5.91 Å². The van der Waals surface area contributed by atoms with Gasteiger partial charge in [-0.3, -0.25) is 14.5 Å². The van der Waals surface area contributed by atoms with E-state index in [1.165, 1.54) is 11.1 Å². The second-order valence-corrected chi connectivity index (χ2v) is 9.38. The molecular weight excluding hydrogens is 454 g/mol. The van der Waals surface area contributed by atoms with Gasteiger partial charge in [-0.25, -0.2) is 0 Å². The predicted octanol–water partition coefficient (Wildman–Crippen LogP) is 5.35. The molecule has 4 rings (SSSR count). The maximum Gasteiger partial charge on any atom is 0.222 e. The summed E-state index contributed by atoms with van der Waals surface area (Å²) in [5.41, 5.74) is 6.77. The Kier molecular flexibility index (Phi) is 7.90. The van der Waals surface area contributed by atoms with Crippen LogP contribution < -0.4 is 5.32 Å². The Labute approximate surface area is 211 Å². The lowest BCUT2D eigenvalue weighted by molar-refractivity contribution is -0.121. The van der Waals surface area contributed by atoms with E-state index in [1.54, 1.807) is 0 Å². The Bertz CT molecular complexity index is 1340. The average Bonchev–Trinajstić information content (AvgIpc) is 3.22. The van der Waals surface area contributed by atoms with Crippen LogP contribution in [-0.4, -0.2) is 39.7 Å². The fraction of sp³-hybridized carbons (Fsp3) is 0.250. The van der Waals surface area contributed by atoms with Gasteiger partial charge in [0.1, 0.15) is 0 Å². The first-order chi connectivity index (χ1) is 16.9. The molecular formula is C28H31N5OS. The third-order valence-electron chi connectivity index (χ3n) is 5.89. The number of nitrogens with zero attached hydrogens (tertiary/aromatic N) is 3. The summed E-state index contributed by atoms with van der Waals surface area (Å²) in [5.74, 6) is 0.713. The van der Waals surface area contributed by atoms with E-state index in [2.05, 4.69) is 70.9 Å². The van der Waals surface area contributed by atoms with Gasteiger partial charge in [0.05, 0.1) is 0 Å². The number of aromatic nitrogens is 3. The van der Waals surface area contributed by atoms with E-state index in [-0.39, 0.29) is 5.91 Å². The molecule has 0 aliphatic heterocycles. The molecule has 2 N–H and O–H groups in total. The van der Waals surface area contributed by atoms with Crippen molar-refractivity contribution < 1.29 is 4.79 Å². The van der Waals surface area contributed by atoms with Crippen LogP contribution in [0.1, 0.15) is 23.1 Å². The minimum Gasteiger partial charge on any atom is -0.352 e. The van der Waals surface area contributed by atoms with E-state index >= 15 is 0 Å². The van der Waals surface area contributed by atoms with Crippen LogP contribution in [0.2, 0.25) is 0 Å². The average molecular weight is 486 g/mol. The molecule has 35 heavy (non-hydrogen) atoms. The zero-order valence-electron chi connectivity index (χ0n) is 20.4. The summed E-state index contributed by atoms with van der Waals surface area (Å²) in [6.45, 7) is 3.88. The standard InChI is InChI=1S/C28H31N5OS/c1-20-8-12-23(13-9-20)27-30-31-28(35)33(27)17-16-26(34)29-18-24-6-4-5-7-25(24)22-14-10-21(11-15-22)19-32(2)3/h4-15H,16-19H2,1-3H3,(H,29,34)(H,31,35). The first-order valence-electron chi connectivity index (χ1n) is 11.7. The SMILES string of the molecule is Cc1ccc(-c2n[nH]c(=S)n2CCC(=O)NCc2ccccc2-c2ccc(CN(C)C)cc2)cc1. The van der Waals surface area contributed by atoms with Gasteiger partial charge in [0.25, 0.3) is 0 Å². The van der Waals surface area contributed by atoms with Crippen LogP contribution in [0.25, 0.3) is 22.5 Å². The maximum absolute atomic E-state index is 12.7. The molecule has 0 radical (unpaired) electrons. The zero-order valence-corrected chi connectivity index (χ0v) is 21.2. The smallest absolute Gasteiger partial charge is 0.222 e. The van der Waals surface area contributed by atoms with Gasteiger partial charge in [0.15, 0.2) is 10.6 Å². The van der Waals surface area contributed by atoms with Gasteiger partial charge in [-0.2, -0.15) is 5.10 Å². The third-order valence-corrected chi connectivity index (χ3v) is 6.20. The highest BCUT2D eigenvalue weighted by molar-refractivity contribution is 7.71. The Hall–Kier alpha value is -3.55. The molecule has 7 heteroatoms. The molecule has 6 nitrogen and oxygen atoms in total. The van der Waals surface area contributed by atoms with E-state index in [1.807, 2.05) is 47.9 Å². The van der Waals surface area contributed by atoms with Gasteiger partial charge in [-0.15, -0.1) is 0 Å². The Morgan fingerprint density at radius 3 is 2.40 bits per heavy atom. The number of amides is 1. The molecule has 1 amide bonds. The molecule has 180 valence electrons. The van der Waals surface area contributed by atoms with Crippen LogP contribution in [0.15, 0.2) is 72.8 Å². The summed E-state index contributed by atoms with van der Waals surface area (Å²) in [6.07, 6.45) is 0.314. The highest BCUT2D eigenvalue weighted by Gasteiger charge is 2.12. The van der Waals surface area contributed by atoms with Gasteiger partial charge < -0.3 is 10.2 Å². The van der Waals surface area contributed by atoms with Crippen LogP contribution in [0.4, 0.5) is 0 Å². The summed E-state index contributed by atoms with van der Waals surface area (Å²) in [5, 5.41) is 10.3. The van der Waals surface area contributed by atoms with Crippen molar-refractivity contribution in [2.45, 2.75) is 33.0 Å². The minimum absolute atomic E-state index is 0.0286. The monoisotopic (exact) mass is 485 g/mol. The van der Waals surface area contributed by atoms with Crippen molar-refractivity contribution in [2.75, 3.05) is 14.1 Å². The first kappa shape index (κ1) is 24.6. The summed E-state index contributed by atoms with van der Waals surface area (Å²) in [6, 6.07) is 24.9. The molecule has 0 aliphatic rings. The Balaban J connectivity index is 1.40. The van der Waals surface area contributed by atoms with Crippen molar-refractivity contribution in [1.29, 1.82) is 0 Å². The number of hydrogen-bond donors (Lipinski definition) is 2. The molecule has 0 bridgehead atoms. The van der Waals surface area contributed by atoms with E-state index in [0.29, 0.717) is 24.3 Å². The summed E-state index contributed by atoms with van der Waals surface area (Å²) in [7, 11) is 4.13. The van der Waals surface area contributed by atoms with Crippen LogP contribution in [0, 0.1) is 11.7 Å².